The number of aryl methyl sites for hydroxylation is 1. The summed E-state index contributed by atoms with van der Waals surface area (Å²) in [6.07, 6.45) is 6.61. The Labute approximate surface area is 109 Å². The van der Waals surface area contributed by atoms with Crippen molar-refractivity contribution in [1.82, 2.24) is 10.6 Å². The number of hydrogen-bond acceptors (Lipinski definition) is 1. The fourth-order valence-corrected chi connectivity index (χ4v) is 2.11. The van der Waals surface area contributed by atoms with Crippen LogP contribution in [0.25, 0.3) is 0 Å². The highest BCUT2D eigenvalue weighted by molar-refractivity contribution is 5.80. The van der Waals surface area contributed by atoms with Gasteiger partial charge in [0.1, 0.15) is 0 Å². The number of nitrogens with zero attached hydrogens (tertiary/aromatic N) is 1. The van der Waals surface area contributed by atoms with Crippen molar-refractivity contribution in [3.8, 4) is 0 Å². The topological polar surface area (TPSA) is 36.4 Å². The summed E-state index contributed by atoms with van der Waals surface area (Å²) < 4.78 is 0. The van der Waals surface area contributed by atoms with E-state index in [4.69, 9.17) is 0 Å². The highest BCUT2D eigenvalue weighted by atomic mass is 15.2. The van der Waals surface area contributed by atoms with E-state index in [0.29, 0.717) is 6.04 Å². The molecule has 3 heteroatoms. The van der Waals surface area contributed by atoms with E-state index < -0.39 is 0 Å². The third kappa shape index (κ3) is 3.36. The molecule has 0 heterocycles. The Kier molecular flexibility index (Phi) is 4.40. The minimum absolute atomic E-state index is 0.494. The van der Waals surface area contributed by atoms with Crippen LogP contribution < -0.4 is 10.6 Å². The van der Waals surface area contributed by atoms with Crippen molar-refractivity contribution in [2.45, 2.75) is 32.4 Å². The van der Waals surface area contributed by atoms with Crippen molar-refractivity contribution < 1.29 is 0 Å². The summed E-state index contributed by atoms with van der Waals surface area (Å²) in [5, 5.41) is 6.80. The molecule has 0 aliphatic heterocycles. The molecule has 0 saturated carbocycles. The molecule has 18 heavy (non-hydrogen) atoms. The Hall–Kier alpha value is -1.77. The zero-order valence-electron chi connectivity index (χ0n) is 11.1. The largest absolute Gasteiger partial charge is 0.353 e. The first-order valence-corrected chi connectivity index (χ1v) is 6.46. The first kappa shape index (κ1) is 12.7. The summed E-state index contributed by atoms with van der Waals surface area (Å²) in [7, 11) is 1.82. The van der Waals surface area contributed by atoms with Crippen LogP contribution in [0, 0.1) is 6.92 Å². The van der Waals surface area contributed by atoms with Crippen LogP contribution >= 0.6 is 0 Å². The summed E-state index contributed by atoms with van der Waals surface area (Å²) in [4.78, 5) is 4.26. The van der Waals surface area contributed by atoms with Crippen LogP contribution in [0.2, 0.25) is 0 Å². The van der Waals surface area contributed by atoms with Gasteiger partial charge in [-0.2, -0.15) is 0 Å². The molecule has 3 nitrogen and oxygen atoms in total. The summed E-state index contributed by atoms with van der Waals surface area (Å²) in [6, 6.07) is 8.91. The van der Waals surface area contributed by atoms with Gasteiger partial charge in [-0.1, -0.05) is 36.4 Å². The average Bonchev–Trinajstić information content (AvgIpc) is 2.89. The summed E-state index contributed by atoms with van der Waals surface area (Å²) in [6.45, 7) is 2.95. The molecule has 1 aromatic carbocycles. The molecule has 0 fully saturated rings. The molecule has 1 aliphatic rings. The molecule has 0 bridgehead atoms. The van der Waals surface area contributed by atoms with E-state index in [9.17, 15) is 0 Å². The second kappa shape index (κ2) is 6.24. The molecular weight excluding hydrogens is 222 g/mol. The Morgan fingerprint density at radius 2 is 2.00 bits per heavy atom. The van der Waals surface area contributed by atoms with Gasteiger partial charge in [0.2, 0.25) is 0 Å². The molecule has 0 saturated heterocycles. The third-order valence-electron chi connectivity index (χ3n) is 3.28. The monoisotopic (exact) mass is 243 g/mol. The van der Waals surface area contributed by atoms with Gasteiger partial charge in [0.05, 0.1) is 0 Å². The van der Waals surface area contributed by atoms with Gasteiger partial charge in [0, 0.05) is 19.6 Å². The molecule has 0 amide bonds. The number of nitrogens with one attached hydrogen (secondary N) is 2. The number of hydrogen-bond donors (Lipinski definition) is 2. The van der Waals surface area contributed by atoms with Gasteiger partial charge in [0.25, 0.3) is 0 Å². The predicted octanol–water partition coefficient (Wildman–Crippen LogP) is 2.38. The maximum absolute atomic E-state index is 4.26. The van der Waals surface area contributed by atoms with E-state index in [-0.39, 0.29) is 0 Å². The minimum Gasteiger partial charge on any atom is -0.353 e. The average molecular weight is 243 g/mol. The van der Waals surface area contributed by atoms with Gasteiger partial charge >= 0.3 is 0 Å². The summed E-state index contributed by atoms with van der Waals surface area (Å²) in [5.74, 6) is 0.881. The molecule has 0 radical (unpaired) electrons. The highest BCUT2D eigenvalue weighted by Gasteiger charge is 2.11. The van der Waals surface area contributed by atoms with E-state index in [1.807, 2.05) is 7.05 Å². The van der Waals surface area contributed by atoms with Crippen LogP contribution in [0.5, 0.6) is 0 Å². The Balaban J connectivity index is 1.86. The smallest absolute Gasteiger partial charge is 0.191 e. The van der Waals surface area contributed by atoms with Crippen molar-refractivity contribution in [3.05, 3.63) is 47.5 Å². The van der Waals surface area contributed by atoms with E-state index >= 15 is 0 Å². The number of aliphatic imine (C=N–C) groups is 1. The first-order chi connectivity index (χ1) is 8.79. The quantitative estimate of drug-likeness (QED) is 0.486. The number of benzene rings is 1. The van der Waals surface area contributed by atoms with Crippen molar-refractivity contribution in [2.75, 3.05) is 7.05 Å². The van der Waals surface area contributed by atoms with Crippen LogP contribution in [0.3, 0.4) is 0 Å². The lowest BCUT2D eigenvalue weighted by Gasteiger charge is -2.17. The van der Waals surface area contributed by atoms with E-state index in [1.54, 1.807) is 0 Å². The van der Waals surface area contributed by atoms with Gasteiger partial charge < -0.3 is 10.6 Å². The SMILES string of the molecule is CN=C(NCc1ccccc1C)NC1CC=CC1. The second-order valence-electron chi connectivity index (χ2n) is 4.64. The predicted molar refractivity (Wildman–Crippen MR) is 76.7 cm³/mol. The first-order valence-electron chi connectivity index (χ1n) is 6.46. The van der Waals surface area contributed by atoms with Crippen LogP contribution in [-0.4, -0.2) is 19.0 Å². The van der Waals surface area contributed by atoms with E-state index in [1.165, 1.54) is 11.1 Å². The van der Waals surface area contributed by atoms with Gasteiger partial charge in [-0.25, -0.2) is 0 Å². The maximum Gasteiger partial charge on any atom is 0.191 e. The fourth-order valence-electron chi connectivity index (χ4n) is 2.11. The fraction of sp³-hybridized carbons (Fsp3) is 0.400. The molecule has 96 valence electrons. The van der Waals surface area contributed by atoms with Crippen molar-refractivity contribution in [2.24, 2.45) is 4.99 Å². The molecule has 1 aromatic rings. The molecule has 0 atom stereocenters. The number of guanidine groups is 1. The zero-order valence-corrected chi connectivity index (χ0v) is 11.1. The van der Waals surface area contributed by atoms with Crippen molar-refractivity contribution in [1.29, 1.82) is 0 Å². The van der Waals surface area contributed by atoms with Gasteiger partial charge in [-0.05, 0) is 30.9 Å². The Morgan fingerprint density at radius 1 is 1.28 bits per heavy atom. The van der Waals surface area contributed by atoms with Gasteiger partial charge in [0.15, 0.2) is 5.96 Å². The highest BCUT2D eigenvalue weighted by Crippen LogP contribution is 2.09. The van der Waals surface area contributed by atoms with Crippen LogP contribution in [0.4, 0.5) is 0 Å². The van der Waals surface area contributed by atoms with Crippen LogP contribution in [-0.2, 0) is 6.54 Å². The minimum atomic E-state index is 0.494. The maximum atomic E-state index is 4.26. The van der Waals surface area contributed by atoms with Crippen molar-refractivity contribution >= 4 is 5.96 Å². The molecule has 1 aliphatic carbocycles. The van der Waals surface area contributed by atoms with Gasteiger partial charge in [-0.15, -0.1) is 0 Å². The van der Waals surface area contributed by atoms with Crippen LogP contribution in [0.1, 0.15) is 24.0 Å². The summed E-state index contributed by atoms with van der Waals surface area (Å²) >= 11 is 0. The lowest BCUT2D eigenvalue weighted by molar-refractivity contribution is 0.633. The normalized spacial score (nSPS) is 16.0. The molecule has 0 unspecified atom stereocenters. The van der Waals surface area contributed by atoms with Crippen LogP contribution in [0.15, 0.2) is 41.4 Å². The molecule has 0 aromatic heterocycles. The number of rotatable bonds is 3. The summed E-state index contributed by atoms with van der Waals surface area (Å²) in [5.41, 5.74) is 2.62. The lowest BCUT2D eigenvalue weighted by Crippen LogP contribution is -2.42. The Bertz CT molecular complexity index is 441. The van der Waals surface area contributed by atoms with Crippen molar-refractivity contribution in [3.63, 3.8) is 0 Å². The zero-order chi connectivity index (χ0) is 12.8. The van der Waals surface area contributed by atoms with Gasteiger partial charge in [-0.3, -0.25) is 4.99 Å². The molecule has 0 spiro atoms. The van der Waals surface area contributed by atoms with E-state index in [0.717, 1.165) is 25.3 Å². The Morgan fingerprint density at radius 3 is 2.67 bits per heavy atom. The van der Waals surface area contributed by atoms with E-state index in [2.05, 4.69) is 59.0 Å². The third-order valence-corrected chi connectivity index (χ3v) is 3.28. The lowest BCUT2D eigenvalue weighted by atomic mass is 10.1. The molecular formula is C15H21N3. The molecule has 2 rings (SSSR count). The second-order valence-corrected chi connectivity index (χ2v) is 4.64. The molecule has 2 N–H and O–H groups in total. The standard InChI is InChI=1S/C15H21N3/c1-12-7-3-4-8-13(12)11-17-15(16-2)18-14-9-5-6-10-14/h3-8,14H,9-11H2,1-2H3,(H2,16,17,18).